The molecule has 0 unspecified atom stereocenters. The summed E-state index contributed by atoms with van der Waals surface area (Å²) in [7, 11) is 0. The summed E-state index contributed by atoms with van der Waals surface area (Å²) in [4.78, 5) is 19.5. The van der Waals surface area contributed by atoms with Gasteiger partial charge in [-0.05, 0) is 30.3 Å². The summed E-state index contributed by atoms with van der Waals surface area (Å²) in [6, 6.07) is 8.76. The largest absolute Gasteiger partial charge is 0.325 e. The van der Waals surface area contributed by atoms with Crippen molar-refractivity contribution < 1.29 is 4.79 Å². The first-order valence-electron chi connectivity index (χ1n) is 5.75. The van der Waals surface area contributed by atoms with Crippen molar-refractivity contribution in [3.05, 3.63) is 53.6 Å². The highest BCUT2D eigenvalue weighted by Gasteiger charge is 2.02. The molecule has 0 spiro atoms. The van der Waals surface area contributed by atoms with Crippen LogP contribution in [0.4, 0.5) is 5.69 Å². The van der Waals surface area contributed by atoms with Gasteiger partial charge in [0.1, 0.15) is 6.33 Å². The molecule has 0 saturated carbocycles. The SMILES string of the molecule is O=C(CNCc1ccncn1)Nc1ccc(Cl)cc1. The van der Waals surface area contributed by atoms with E-state index in [9.17, 15) is 4.79 Å². The van der Waals surface area contributed by atoms with Crippen molar-refractivity contribution in [2.75, 3.05) is 11.9 Å². The van der Waals surface area contributed by atoms with E-state index in [4.69, 9.17) is 11.6 Å². The van der Waals surface area contributed by atoms with Crippen molar-refractivity contribution in [3.63, 3.8) is 0 Å². The van der Waals surface area contributed by atoms with E-state index in [-0.39, 0.29) is 12.5 Å². The van der Waals surface area contributed by atoms with Crippen LogP contribution in [-0.2, 0) is 11.3 Å². The summed E-state index contributed by atoms with van der Waals surface area (Å²) >= 11 is 5.76. The summed E-state index contributed by atoms with van der Waals surface area (Å²) in [6.45, 7) is 0.739. The molecule has 1 heterocycles. The predicted molar refractivity (Wildman–Crippen MR) is 73.8 cm³/mol. The Balaban J connectivity index is 1.74. The maximum Gasteiger partial charge on any atom is 0.238 e. The Labute approximate surface area is 116 Å². The van der Waals surface area contributed by atoms with Gasteiger partial charge in [0.05, 0.1) is 12.2 Å². The minimum atomic E-state index is -0.114. The smallest absolute Gasteiger partial charge is 0.238 e. The van der Waals surface area contributed by atoms with Gasteiger partial charge < -0.3 is 10.6 Å². The Morgan fingerprint density at radius 3 is 2.68 bits per heavy atom. The minimum absolute atomic E-state index is 0.114. The Bertz CT molecular complexity index is 530. The van der Waals surface area contributed by atoms with Gasteiger partial charge in [0.25, 0.3) is 0 Å². The van der Waals surface area contributed by atoms with E-state index in [1.54, 1.807) is 36.5 Å². The molecule has 2 aromatic rings. The molecule has 0 aliphatic heterocycles. The van der Waals surface area contributed by atoms with Gasteiger partial charge in [0.2, 0.25) is 5.91 Å². The molecule has 0 atom stereocenters. The third-order valence-electron chi connectivity index (χ3n) is 2.36. The molecule has 6 heteroatoms. The van der Waals surface area contributed by atoms with Crippen molar-refractivity contribution in [2.24, 2.45) is 0 Å². The molecule has 5 nitrogen and oxygen atoms in total. The Morgan fingerprint density at radius 1 is 1.21 bits per heavy atom. The van der Waals surface area contributed by atoms with Crippen LogP contribution in [0.3, 0.4) is 0 Å². The lowest BCUT2D eigenvalue weighted by molar-refractivity contribution is -0.115. The summed E-state index contributed by atoms with van der Waals surface area (Å²) in [6.07, 6.45) is 3.14. The quantitative estimate of drug-likeness (QED) is 0.875. The molecule has 1 amide bonds. The van der Waals surface area contributed by atoms with Gasteiger partial charge >= 0.3 is 0 Å². The van der Waals surface area contributed by atoms with Crippen molar-refractivity contribution in [3.8, 4) is 0 Å². The number of halogens is 1. The molecule has 1 aromatic carbocycles. The molecule has 1 aromatic heterocycles. The normalized spacial score (nSPS) is 10.2. The predicted octanol–water partition coefficient (Wildman–Crippen LogP) is 1.86. The minimum Gasteiger partial charge on any atom is -0.325 e. The first-order valence-corrected chi connectivity index (χ1v) is 6.13. The molecule has 2 N–H and O–H groups in total. The first-order chi connectivity index (χ1) is 9.24. The number of aromatic nitrogens is 2. The highest BCUT2D eigenvalue weighted by atomic mass is 35.5. The number of nitrogens with zero attached hydrogens (tertiary/aromatic N) is 2. The van der Waals surface area contributed by atoms with Crippen LogP contribution in [0.25, 0.3) is 0 Å². The van der Waals surface area contributed by atoms with E-state index in [1.807, 2.05) is 0 Å². The molecule has 98 valence electrons. The first kappa shape index (κ1) is 13.5. The maximum atomic E-state index is 11.6. The number of nitrogens with one attached hydrogen (secondary N) is 2. The molecular weight excluding hydrogens is 264 g/mol. The summed E-state index contributed by atoms with van der Waals surface area (Å²) in [5, 5.41) is 6.41. The van der Waals surface area contributed by atoms with Crippen LogP contribution in [0, 0.1) is 0 Å². The zero-order valence-corrected chi connectivity index (χ0v) is 10.9. The lowest BCUT2D eigenvalue weighted by Crippen LogP contribution is -2.27. The van der Waals surface area contributed by atoms with Crippen LogP contribution in [0.15, 0.2) is 42.9 Å². The molecule has 0 radical (unpaired) electrons. The number of rotatable bonds is 5. The molecule has 0 saturated heterocycles. The second-order valence-corrected chi connectivity index (χ2v) is 4.30. The standard InChI is InChI=1S/C13H13ClN4O/c14-10-1-3-11(4-2-10)18-13(19)8-16-7-12-5-6-15-9-17-12/h1-6,9,16H,7-8H2,(H,18,19). The fourth-order valence-corrected chi connectivity index (χ4v) is 1.59. The van der Waals surface area contributed by atoms with Gasteiger partial charge in [-0.15, -0.1) is 0 Å². The fraction of sp³-hybridized carbons (Fsp3) is 0.154. The van der Waals surface area contributed by atoms with Gasteiger partial charge in [-0.25, -0.2) is 9.97 Å². The average molecular weight is 277 g/mol. The number of benzene rings is 1. The van der Waals surface area contributed by atoms with Crippen LogP contribution in [0.2, 0.25) is 5.02 Å². The van der Waals surface area contributed by atoms with Gasteiger partial charge in [-0.2, -0.15) is 0 Å². The second-order valence-electron chi connectivity index (χ2n) is 3.86. The zero-order valence-electron chi connectivity index (χ0n) is 10.1. The van der Waals surface area contributed by atoms with E-state index >= 15 is 0 Å². The molecule has 0 bridgehead atoms. The van der Waals surface area contributed by atoms with Gasteiger partial charge in [-0.3, -0.25) is 4.79 Å². The lowest BCUT2D eigenvalue weighted by Gasteiger charge is -2.06. The number of carbonyl (C=O) groups is 1. The Morgan fingerprint density at radius 2 is 2.00 bits per heavy atom. The Hall–Kier alpha value is -1.98. The topological polar surface area (TPSA) is 66.9 Å². The number of hydrogen-bond donors (Lipinski definition) is 2. The van der Waals surface area contributed by atoms with Crippen molar-refractivity contribution in [2.45, 2.75) is 6.54 Å². The maximum absolute atomic E-state index is 11.6. The van der Waals surface area contributed by atoms with E-state index < -0.39 is 0 Å². The zero-order chi connectivity index (χ0) is 13.5. The third-order valence-corrected chi connectivity index (χ3v) is 2.61. The van der Waals surface area contributed by atoms with Crippen LogP contribution >= 0.6 is 11.6 Å². The molecule has 0 aliphatic rings. The van der Waals surface area contributed by atoms with Gasteiger partial charge in [0.15, 0.2) is 0 Å². The Kier molecular flexibility index (Phi) is 4.83. The van der Waals surface area contributed by atoms with Gasteiger partial charge in [-0.1, -0.05) is 11.6 Å². The number of amides is 1. The fourth-order valence-electron chi connectivity index (χ4n) is 1.47. The number of anilines is 1. The molecule has 0 fully saturated rings. The van der Waals surface area contributed by atoms with E-state index in [0.717, 1.165) is 11.4 Å². The highest BCUT2D eigenvalue weighted by Crippen LogP contribution is 2.12. The monoisotopic (exact) mass is 276 g/mol. The van der Waals surface area contributed by atoms with E-state index in [0.29, 0.717) is 11.6 Å². The van der Waals surface area contributed by atoms with E-state index in [1.165, 1.54) is 6.33 Å². The van der Waals surface area contributed by atoms with Crippen LogP contribution in [0.5, 0.6) is 0 Å². The summed E-state index contributed by atoms with van der Waals surface area (Å²) in [5.41, 5.74) is 1.56. The molecule has 0 aliphatic carbocycles. The lowest BCUT2D eigenvalue weighted by atomic mass is 10.3. The van der Waals surface area contributed by atoms with Crippen LogP contribution in [0.1, 0.15) is 5.69 Å². The van der Waals surface area contributed by atoms with Crippen molar-refractivity contribution in [1.82, 2.24) is 15.3 Å². The summed E-state index contributed by atoms with van der Waals surface area (Å²) in [5.74, 6) is -0.114. The third kappa shape index (κ3) is 4.65. The van der Waals surface area contributed by atoms with Crippen LogP contribution in [-0.4, -0.2) is 22.4 Å². The van der Waals surface area contributed by atoms with Crippen molar-refractivity contribution >= 4 is 23.2 Å². The van der Waals surface area contributed by atoms with E-state index in [2.05, 4.69) is 20.6 Å². The second kappa shape index (κ2) is 6.82. The van der Waals surface area contributed by atoms with Crippen molar-refractivity contribution in [1.29, 1.82) is 0 Å². The van der Waals surface area contributed by atoms with Gasteiger partial charge in [0, 0.05) is 23.5 Å². The highest BCUT2D eigenvalue weighted by molar-refractivity contribution is 6.30. The number of carbonyl (C=O) groups excluding carboxylic acids is 1. The number of hydrogen-bond acceptors (Lipinski definition) is 4. The average Bonchev–Trinajstić information content (AvgIpc) is 2.43. The molecule has 19 heavy (non-hydrogen) atoms. The summed E-state index contributed by atoms with van der Waals surface area (Å²) < 4.78 is 0. The molecular formula is C13H13ClN4O. The van der Waals surface area contributed by atoms with Crippen LogP contribution < -0.4 is 10.6 Å². The molecule has 2 rings (SSSR count).